The van der Waals surface area contributed by atoms with E-state index in [9.17, 15) is 0 Å². The molecule has 0 spiro atoms. The minimum absolute atomic E-state index is 0.712. The predicted molar refractivity (Wildman–Crippen MR) is 86.5 cm³/mol. The highest BCUT2D eigenvalue weighted by Crippen LogP contribution is 2.25. The molecule has 0 radical (unpaired) electrons. The molecule has 0 aromatic carbocycles. The third kappa shape index (κ3) is 2.21. The van der Waals surface area contributed by atoms with Crippen molar-refractivity contribution < 1.29 is 0 Å². The van der Waals surface area contributed by atoms with Crippen molar-refractivity contribution in [1.29, 1.82) is 0 Å². The van der Waals surface area contributed by atoms with Crippen LogP contribution in [0.15, 0.2) is 48.7 Å². The molecule has 3 aromatic rings. The van der Waals surface area contributed by atoms with E-state index in [2.05, 4.69) is 20.8 Å². The van der Waals surface area contributed by atoms with Crippen LogP contribution in [0.25, 0.3) is 22.3 Å². The van der Waals surface area contributed by atoms with Gasteiger partial charge in [-0.3, -0.25) is 9.97 Å². The normalized spacial score (nSPS) is 14.4. The van der Waals surface area contributed by atoms with E-state index in [1.807, 2.05) is 49.4 Å². The molecule has 5 nitrogen and oxygen atoms in total. The van der Waals surface area contributed by atoms with Crippen molar-refractivity contribution in [2.45, 2.75) is 6.92 Å². The number of aromatic nitrogens is 3. The maximum atomic E-state index is 4.73. The number of hydrazine groups is 1. The summed E-state index contributed by atoms with van der Waals surface area (Å²) < 4.78 is 0. The number of hydrogen-bond donors (Lipinski definition) is 2. The lowest BCUT2D eigenvalue weighted by molar-refractivity contribution is 0.738. The van der Waals surface area contributed by atoms with Crippen molar-refractivity contribution in [3.05, 3.63) is 65.7 Å². The highest BCUT2D eigenvalue weighted by Gasteiger charge is 2.19. The van der Waals surface area contributed by atoms with Crippen LogP contribution in [0.3, 0.4) is 0 Å². The zero-order valence-electron chi connectivity index (χ0n) is 12.2. The first-order valence-electron chi connectivity index (χ1n) is 7.19. The van der Waals surface area contributed by atoms with E-state index in [-0.39, 0.29) is 0 Å². The molecule has 5 heteroatoms. The topological polar surface area (TPSA) is 62.7 Å². The second-order valence-corrected chi connectivity index (χ2v) is 5.23. The molecule has 108 valence electrons. The van der Waals surface area contributed by atoms with Gasteiger partial charge in [0.2, 0.25) is 0 Å². The largest absolute Gasteiger partial charge is 0.319 e. The number of nitrogens with one attached hydrogen (secondary N) is 2. The summed E-state index contributed by atoms with van der Waals surface area (Å²) in [7, 11) is 0. The van der Waals surface area contributed by atoms with Crippen LogP contribution in [0.4, 0.5) is 0 Å². The Morgan fingerprint density at radius 2 is 1.86 bits per heavy atom. The molecule has 22 heavy (non-hydrogen) atoms. The monoisotopic (exact) mass is 289 g/mol. The predicted octanol–water partition coefficient (Wildman–Crippen LogP) is 2.31. The van der Waals surface area contributed by atoms with Crippen molar-refractivity contribution >= 4 is 22.3 Å². The Morgan fingerprint density at radius 3 is 2.77 bits per heavy atom. The number of pyridine rings is 3. The molecule has 0 amide bonds. The standard InChI is InChI=1S/C17H15N5/c1-11-4-2-5-16(20-11)17-12(10-19-22-17)13-7-8-14-15(21-13)6-3-9-18-14/h2-9,19,22H,10H2,1H3. The van der Waals surface area contributed by atoms with E-state index < -0.39 is 0 Å². The van der Waals surface area contributed by atoms with Gasteiger partial charge in [-0.2, -0.15) is 0 Å². The minimum atomic E-state index is 0.712. The number of rotatable bonds is 2. The second-order valence-electron chi connectivity index (χ2n) is 5.23. The first-order valence-corrected chi connectivity index (χ1v) is 7.19. The molecule has 0 fully saturated rings. The van der Waals surface area contributed by atoms with Crippen molar-refractivity contribution in [3.63, 3.8) is 0 Å². The smallest absolute Gasteiger partial charge is 0.0894 e. The van der Waals surface area contributed by atoms with Crippen molar-refractivity contribution in [2.75, 3.05) is 6.54 Å². The van der Waals surface area contributed by atoms with Crippen LogP contribution in [0.5, 0.6) is 0 Å². The Balaban J connectivity index is 1.86. The number of hydrogen-bond acceptors (Lipinski definition) is 5. The summed E-state index contributed by atoms with van der Waals surface area (Å²) in [6, 6.07) is 13.9. The van der Waals surface area contributed by atoms with Crippen LogP contribution in [-0.4, -0.2) is 21.5 Å². The Kier molecular flexibility index (Phi) is 3.05. The Labute approximate surface area is 128 Å². The van der Waals surface area contributed by atoms with Gasteiger partial charge in [0.15, 0.2) is 0 Å². The van der Waals surface area contributed by atoms with Gasteiger partial charge in [-0.05, 0) is 43.3 Å². The highest BCUT2D eigenvalue weighted by molar-refractivity contribution is 5.91. The summed E-state index contributed by atoms with van der Waals surface area (Å²) >= 11 is 0. The van der Waals surface area contributed by atoms with Gasteiger partial charge in [0.05, 0.1) is 28.1 Å². The average molecular weight is 289 g/mol. The first kappa shape index (κ1) is 12.9. The molecular formula is C17H15N5. The summed E-state index contributed by atoms with van der Waals surface area (Å²) in [5.41, 5.74) is 13.1. The highest BCUT2D eigenvalue weighted by atomic mass is 15.4. The van der Waals surface area contributed by atoms with E-state index in [0.29, 0.717) is 6.54 Å². The Hall–Kier alpha value is -2.79. The molecule has 2 N–H and O–H groups in total. The molecule has 0 bridgehead atoms. The molecule has 0 saturated heterocycles. The molecule has 0 saturated carbocycles. The zero-order valence-corrected chi connectivity index (χ0v) is 12.2. The number of aryl methyl sites for hydroxylation is 1. The minimum Gasteiger partial charge on any atom is -0.319 e. The van der Waals surface area contributed by atoms with E-state index in [0.717, 1.165) is 39.4 Å². The maximum absolute atomic E-state index is 4.73. The van der Waals surface area contributed by atoms with E-state index in [1.165, 1.54) is 0 Å². The van der Waals surface area contributed by atoms with Gasteiger partial charge in [0.25, 0.3) is 0 Å². The zero-order chi connectivity index (χ0) is 14.9. The summed E-state index contributed by atoms with van der Waals surface area (Å²) in [4.78, 5) is 13.6. The SMILES string of the molecule is Cc1cccc(C2=C(c3ccc4ncccc4n3)CNN2)n1. The Bertz CT molecular complexity index is 885. The van der Waals surface area contributed by atoms with E-state index in [4.69, 9.17) is 4.98 Å². The fourth-order valence-corrected chi connectivity index (χ4v) is 2.63. The summed E-state index contributed by atoms with van der Waals surface area (Å²) in [5.74, 6) is 0. The van der Waals surface area contributed by atoms with E-state index >= 15 is 0 Å². The van der Waals surface area contributed by atoms with Gasteiger partial charge in [-0.25, -0.2) is 10.4 Å². The van der Waals surface area contributed by atoms with Crippen molar-refractivity contribution in [3.8, 4) is 0 Å². The molecule has 0 unspecified atom stereocenters. The van der Waals surface area contributed by atoms with Crippen LogP contribution >= 0.6 is 0 Å². The van der Waals surface area contributed by atoms with Crippen LogP contribution in [0.1, 0.15) is 17.1 Å². The lowest BCUT2D eigenvalue weighted by atomic mass is 10.1. The van der Waals surface area contributed by atoms with Gasteiger partial charge in [-0.15, -0.1) is 0 Å². The molecule has 4 heterocycles. The van der Waals surface area contributed by atoms with E-state index in [1.54, 1.807) is 6.20 Å². The summed E-state index contributed by atoms with van der Waals surface area (Å²) in [6.45, 7) is 2.70. The lowest BCUT2D eigenvalue weighted by Gasteiger charge is -2.07. The van der Waals surface area contributed by atoms with Gasteiger partial charge < -0.3 is 5.43 Å². The van der Waals surface area contributed by atoms with Gasteiger partial charge in [-0.1, -0.05) is 6.07 Å². The third-order valence-corrected chi connectivity index (χ3v) is 3.69. The maximum Gasteiger partial charge on any atom is 0.0894 e. The lowest BCUT2D eigenvalue weighted by Crippen LogP contribution is -2.23. The van der Waals surface area contributed by atoms with Crippen LogP contribution in [0, 0.1) is 6.92 Å². The molecule has 0 atom stereocenters. The summed E-state index contributed by atoms with van der Waals surface area (Å²) in [5, 5.41) is 0. The fourth-order valence-electron chi connectivity index (χ4n) is 2.63. The summed E-state index contributed by atoms with van der Waals surface area (Å²) in [6.07, 6.45) is 1.78. The van der Waals surface area contributed by atoms with Crippen molar-refractivity contribution in [2.24, 2.45) is 0 Å². The van der Waals surface area contributed by atoms with Gasteiger partial charge in [0, 0.05) is 24.0 Å². The second kappa shape index (κ2) is 5.20. The molecular weight excluding hydrogens is 274 g/mol. The van der Waals surface area contributed by atoms with Crippen LogP contribution < -0.4 is 10.9 Å². The van der Waals surface area contributed by atoms with Crippen LogP contribution in [0.2, 0.25) is 0 Å². The number of nitrogens with zero attached hydrogens (tertiary/aromatic N) is 3. The van der Waals surface area contributed by atoms with Gasteiger partial charge >= 0.3 is 0 Å². The van der Waals surface area contributed by atoms with Crippen LogP contribution in [-0.2, 0) is 0 Å². The molecule has 1 aliphatic rings. The molecule has 4 rings (SSSR count). The van der Waals surface area contributed by atoms with Gasteiger partial charge in [0.1, 0.15) is 0 Å². The third-order valence-electron chi connectivity index (χ3n) is 3.69. The number of fused-ring (bicyclic) bond motifs is 1. The fraction of sp³-hybridized carbons (Fsp3) is 0.118. The molecule has 0 aliphatic carbocycles. The Morgan fingerprint density at radius 1 is 0.909 bits per heavy atom. The first-order chi connectivity index (χ1) is 10.8. The quantitative estimate of drug-likeness (QED) is 0.758. The average Bonchev–Trinajstić information content (AvgIpc) is 3.04. The molecule has 1 aliphatic heterocycles. The molecule has 3 aromatic heterocycles. The van der Waals surface area contributed by atoms with Crippen molar-refractivity contribution in [1.82, 2.24) is 25.8 Å².